The van der Waals surface area contributed by atoms with Gasteiger partial charge in [-0.25, -0.2) is 0 Å². The summed E-state index contributed by atoms with van der Waals surface area (Å²) in [5.41, 5.74) is 1.73. The largest absolute Gasteiger partial charge is 0.463 e. The van der Waals surface area contributed by atoms with Crippen molar-refractivity contribution in [1.82, 2.24) is 0 Å². The molecule has 1 atom stereocenters. The molecule has 2 aliphatic carbocycles. The molecule has 2 N–H and O–H groups in total. The lowest BCUT2D eigenvalue weighted by molar-refractivity contribution is -0.0327. The number of aliphatic hydroxyl groups is 2. The van der Waals surface area contributed by atoms with Crippen molar-refractivity contribution in [2.75, 3.05) is 6.61 Å². The monoisotopic (exact) mass is 312 g/mol. The van der Waals surface area contributed by atoms with E-state index in [9.17, 15) is 19.8 Å². The van der Waals surface area contributed by atoms with Gasteiger partial charge in [-0.15, -0.1) is 0 Å². The number of aryl methyl sites for hydroxylation is 1. The minimum Gasteiger partial charge on any atom is -0.463 e. The van der Waals surface area contributed by atoms with Gasteiger partial charge in [0.2, 0.25) is 11.6 Å². The summed E-state index contributed by atoms with van der Waals surface area (Å²) in [7, 11) is 0. The second-order valence-corrected chi connectivity index (χ2v) is 6.34. The van der Waals surface area contributed by atoms with Gasteiger partial charge in [0.05, 0.1) is 18.4 Å². The van der Waals surface area contributed by atoms with E-state index in [0.29, 0.717) is 58.4 Å². The maximum Gasteiger partial charge on any atom is 0.237 e. The van der Waals surface area contributed by atoms with E-state index in [0.717, 1.165) is 0 Å². The Morgan fingerprint density at radius 1 is 1.22 bits per heavy atom. The average Bonchev–Trinajstić information content (AvgIpc) is 2.94. The van der Waals surface area contributed by atoms with E-state index in [2.05, 4.69) is 0 Å². The number of furan rings is 1. The number of rotatable bonds is 1. The summed E-state index contributed by atoms with van der Waals surface area (Å²) in [4.78, 5) is 25.1. The van der Waals surface area contributed by atoms with E-state index in [1.807, 2.05) is 0 Å². The number of carbonyl (C=O) groups excluding carboxylic acids is 2. The zero-order chi connectivity index (χ0) is 16.4. The highest BCUT2D eigenvalue weighted by molar-refractivity contribution is 6.53. The Labute approximate surface area is 132 Å². The minimum atomic E-state index is -1.36. The predicted molar refractivity (Wildman–Crippen MR) is 81.5 cm³/mol. The molecule has 0 fully saturated rings. The first-order chi connectivity index (χ1) is 11.0. The lowest BCUT2D eigenvalue weighted by atomic mass is 9.73. The topological polar surface area (TPSA) is 87.7 Å². The molecule has 0 spiro atoms. The van der Waals surface area contributed by atoms with Crippen LogP contribution in [0.1, 0.15) is 50.2 Å². The van der Waals surface area contributed by atoms with E-state index in [4.69, 9.17) is 4.42 Å². The smallest absolute Gasteiger partial charge is 0.237 e. The first kappa shape index (κ1) is 14.4. The maximum absolute atomic E-state index is 12.7. The van der Waals surface area contributed by atoms with Gasteiger partial charge in [0, 0.05) is 11.1 Å². The van der Waals surface area contributed by atoms with E-state index < -0.39 is 23.8 Å². The number of carbonyl (C=O) groups is 2. The Hall–Kier alpha value is -2.24. The number of benzene rings is 1. The van der Waals surface area contributed by atoms with Crippen LogP contribution in [-0.4, -0.2) is 28.4 Å². The number of fused-ring (bicyclic) bond motifs is 5. The summed E-state index contributed by atoms with van der Waals surface area (Å²) < 4.78 is 5.52. The van der Waals surface area contributed by atoms with Crippen molar-refractivity contribution in [3.63, 3.8) is 0 Å². The fourth-order valence-electron chi connectivity index (χ4n) is 3.80. The third kappa shape index (κ3) is 1.75. The Balaban J connectivity index is 2.05. The standard InChI is InChI=1S/C18H16O5/c1-9-7-23-17-11-4-5-12-10(3-2-6-18(12,22)8-19)14(11)16(21)15(20)13(9)17/h4-5,7,19,22H,2-3,6,8H2,1H3/t18-/m1/s1. The maximum atomic E-state index is 12.7. The molecule has 1 aromatic carbocycles. The van der Waals surface area contributed by atoms with Crippen molar-refractivity contribution in [2.24, 2.45) is 0 Å². The molecule has 0 unspecified atom stereocenters. The summed E-state index contributed by atoms with van der Waals surface area (Å²) in [6.45, 7) is 1.33. The molecule has 0 saturated carbocycles. The fraction of sp³-hybridized carbons (Fsp3) is 0.333. The van der Waals surface area contributed by atoms with Gasteiger partial charge in [0.25, 0.3) is 0 Å². The van der Waals surface area contributed by atoms with Crippen LogP contribution in [0, 0.1) is 6.92 Å². The minimum absolute atomic E-state index is 0.320. The first-order valence-corrected chi connectivity index (χ1v) is 7.65. The predicted octanol–water partition coefficient (Wildman–Crippen LogP) is 2.15. The van der Waals surface area contributed by atoms with Crippen LogP contribution < -0.4 is 0 Å². The van der Waals surface area contributed by atoms with Crippen LogP contribution in [0.4, 0.5) is 0 Å². The molecule has 2 aliphatic rings. The van der Waals surface area contributed by atoms with Crippen LogP contribution in [0.5, 0.6) is 0 Å². The highest BCUT2D eigenvalue weighted by atomic mass is 16.3. The van der Waals surface area contributed by atoms with Gasteiger partial charge >= 0.3 is 0 Å². The molecule has 0 radical (unpaired) electrons. The van der Waals surface area contributed by atoms with Gasteiger partial charge in [0.1, 0.15) is 11.4 Å². The van der Waals surface area contributed by atoms with Gasteiger partial charge in [-0.05, 0) is 42.9 Å². The van der Waals surface area contributed by atoms with E-state index in [-0.39, 0.29) is 0 Å². The first-order valence-electron chi connectivity index (χ1n) is 7.65. The van der Waals surface area contributed by atoms with E-state index in [1.165, 1.54) is 6.26 Å². The van der Waals surface area contributed by atoms with Gasteiger partial charge < -0.3 is 14.6 Å². The van der Waals surface area contributed by atoms with Gasteiger partial charge in [-0.2, -0.15) is 0 Å². The summed E-state index contributed by atoms with van der Waals surface area (Å²) >= 11 is 0. The number of aliphatic hydroxyl groups excluding tert-OH is 1. The van der Waals surface area contributed by atoms with Crippen LogP contribution in [0.15, 0.2) is 22.8 Å². The van der Waals surface area contributed by atoms with Crippen molar-refractivity contribution < 1.29 is 24.2 Å². The number of hydrogen-bond acceptors (Lipinski definition) is 5. The Morgan fingerprint density at radius 2 is 1.96 bits per heavy atom. The third-order valence-electron chi connectivity index (χ3n) is 4.97. The molecule has 0 aliphatic heterocycles. The molecular weight excluding hydrogens is 296 g/mol. The summed E-state index contributed by atoms with van der Waals surface area (Å²) in [6.07, 6.45) is 3.15. The van der Waals surface area contributed by atoms with Crippen LogP contribution in [0.25, 0.3) is 11.3 Å². The molecular formula is C18H16O5. The molecule has 0 amide bonds. The number of ketones is 2. The second kappa shape index (κ2) is 4.63. The van der Waals surface area contributed by atoms with Crippen molar-refractivity contribution in [2.45, 2.75) is 31.8 Å². The number of Topliss-reactive ketones (excluding diaryl/α,β-unsaturated/α-hetero) is 2. The molecule has 23 heavy (non-hydrogen) atoms. The lowest BCUT2D eigenvalue weighted by Gasteiger charge is -2.34. The molecule has 2 aromatic rings. The fourth-order valence-corrected chi connectivity index (χ4v) is 3.80. The SMILES string of the molecule is Cc1coc2c1C(=O)C(=O)c1c-2ccc2c1CCC[C@@]2(O)CO. The third-order valence-corrected chi connectivity index (χ3v) is 4.97. The van der Waals surface area contributed by atoms with E-state index in [1.54, 1.807) is 19.1 Å². The molecule has 118 valence electrons. The summed E-state index contributed by atoms with van der Waals surface area (Å²) in [5.74, 6) is -0.704. The molecule has 0 saturated heterocycles. The highest BCUT2D eigenvalue weighted by Crippen LogP contribution is 2.44. The van der Waals surface area contributed by atoms with Gasteiger partial charge in [0.15, 0.2) is 0 Å². The van der Waals surface area contributed by atoms with Gasteiger partial charge in [-0.1, -0.05) is 12.1 Å². The quantitative estimate of drug-likeness (QED) is 0.788. The zero-order valence-electron chi connectivity index (χ0n) is 12.7. The van der Waals surface area contributed by atoms with Crippen LogP contribution >= 0.6 is 0 Å². The van der Waals surface area contributed by atoms with Crippen LogP contribution in [0.2, 0.25) is 0 Å². The molecule has 1 aromatic heterocycles. The summed E-state index contributed by atoms with van der Waals surface area (Å²) in [5, 5.41) is 20.2. The van der Waals surface area contributed by atoms with E-state index >= 15 is 0 Å². The van der Waals surface area contributed by atoms with Crippen LogP contribution in [0.3, 0.4) is 0 Å². The zero-order valence-corrected chi connectivity index (χ0v) is 12.7. The van der Waals surface area contributed by atoms with Gasteiger partial charge in [-0.3, -0.25) is 9.59 Å². The molecule has 5 heteroatoms. The lowest BCUT2D eigenvalue weighted by Crippen LogP contribution is -2.36. The number of hydrogen-bond donors (Lipinski definition) is 2. The molecule has 4 rings (SSSR count). The Kier molecular flexibility index (Phi) is 2.89. The highest BCUT2D eigenvalue weighted by Gasteiger charge is 2.41. The Bertz CT molecular complexity index is 861. The second-order valence-electron chi connectivity index (χ2n) is 6.34. The molecule has 0 bridgehead atoms. The van der Waals surface area contributed by atoms with Crippen molar-refractivity contribution >= 4 is 11.6 Å². The van der Waals surface area contributed by atoms with Crippen molar-refractivity contribution in [3.05, 3.63) is 46.2 Å². The van der Waals surface area contributed by atoms with Crippen molar-refractivity contribution in [3.8, 4) is 11.3 Å². The van der Waals surface area contributed by atoms with Crippen LogP contribution in [-0.2, 0) is 12.0 Å². The summed E-state index contributed by atoms with van der Waals surface area (Å²) in [6, 6.07) is 3.43. The van der Waals surface area contributed by atoms with Crippen molar-refractivity contribution in [1.29, 1.82) is 0 Å². The molecule has 5 nitrogen and oxygen atoms in total. The normalized spacial score (nSPS) is 22.6. The molecule has 1 heterocycles. The Morgan fingerprint density at radius 3 is 2.70 bits per heavy atom. The average molecular weight is 312 g/mol.